The molecule has 2 rings (SSSR count). The minimum absolute atomic E-state index is 0.293. The SMILES string of the molecule is CN(CC1(O)CCCC1)c1cccc(F)c1CO. The maximum atomic E-state index is 13.6. The second-order valence-electron chi connectivity index (χ2n) is 5.18. The lowest BCUT2D eigenvalue weighted by Gasteiger charge is -2.31. The Kier molecular flexibility index (Phi) is 3.88. The van der Waals surface area contributed by atoms with Crippen molar-refractivity contribution in [2.75, 3.05) is 18.5 Å². The second kappa shape index (κ2) is 5.24. The molecule has 100 valence electrons. The highest BCUT2D eigenvalue weighted by atomic mass is 19.1. The molecule has 1 aromatic rings. The average molecular weight is 253 g/mol. The van der Waals surface area contributed by atoms with Crippen LogP contribution in [0.5, 0.6) is 0 Å². The Morgan fingerprint density at radius 1 is 1.33 bits per heavy atom. The molecule has 0 spiro atoms. The number of nitrogens with zero attached hydrogens (tertiary/aromatic N) is 1. The fourth-order valence-corrected chi connectivity index (χ4v) is 2.78. The highest BCUT2D eigenvalue weighted by molar-refractivity contribution is 5.53. The van der Waals surface area contributed by atoms with Crippen molar-refractivity contribution in [2.24, 2.45) is 0 Å². The van der Waals surface area contributed by atoms with Crippen LogP contribution in [0.3, 0.4) is 0 Å². The average Bonchev–Trinajstić information content (AvgIpc) is 2.75. The zero-order chi connectivity index (χ0) is 13.2. The molecule has 0 bridgehead atoms. The highest BCUT2D eigenvalue weighted by Crippen LogP contribution is 2.32. The molecule has 1 aliphatic carbocycles. The van der Waals surface area contributed by atoms with E-state index >= 15 is 0 Å². The summed E-state index contributed by atoms with van der Waals surface area (Å²) in [7, 11) is 1.82. The molecule has 0 radical (unpaired) electrons. The zero-order valence-electron chi connectivity index (χ0n) is 10.7. The van der Waals surface area contributed by atoms with E-state index in [9.17, 15) is 14.6 Å². The van der Waals surface area contributed by atoms with E-state index in [-0.39, 0.29) is 6.61 Å². The predicted molar refractivity (Wildman–Crippen MR) is 69.0 cm³/mol. The Bertz CT molecular complexity index is 416. The third-order valence-electron chi connectivity index (χ3n) is 3.73. The Hall–Kier alpha value is -1.13. The summed E-state index contributed by atoms with van der Waals surface area (Å²) >= 11 is 0. The number of hydrogen-bond acceptors (Lipinski definition) is 3. The third-order valence-corrected chi connectivity index (χ3v) is 3.73. The lowest BCUT2D eigenvalue weighted by molar-refractivity contribution is 0.0558. The third kappa shape index (κ3) is 2.65. The van der Waals surface area contributed by atoms with Crippen molar-refractivity contribution in [2.45, 2.75) is 37.9 Å². The van der Waals surface area contributed by atoms with Crippen LogP contribution >= 0.6 is 0 Å². The summed E-state index contributed by atoms with van der Waals surface area (Å²) in [6.07, 6.45) is 3.67. The van der Waals surface area contributed by atoms with Gasteiger partial charge in [0.25, 0.3) is 0 Å². The quantitative estimate of drug-likeness (QED) is 0.863. The lowest BCUT2D eigenvalue weighted by Crippen LogP contribution is -2.39. The van der Waals surface area contributed by atoms with E-state index in [1.807, 2.05) is 11.9 Å². The van der Waals surface area contributed by atoms with Crippen LogP contribution in [-0.4, -0.2) is 29.4 Å². The van der Waals surface area contributed by atoms with Crippen LogP contribution in [-0.2, 0) is 6.61 Å². The van der Waals surface area contributed by atoms with Crippen LogP contribution in [0.2, 0.25) is 0 Å². The number of likely N-dealkylation sites (N-methyl/N-ethyl adjacent to an activating group) is 1. The normalized spacial score (nSPS) is 18.0. The first-order valence-corrected chi connectivity index (χ1v) is 6.37. The van der Waals surface area contributed by atoms with Crippen LogP contribution in [0.4, 0.5) is 10.1 Å². The highest BCUT2D eigenvalue weighted by Gasteiger charge is 2.32. The molecular formula is C14H20FNO2. The smallest absolute Gasteiger partial charge is 0.130 e. The number of anilines is 1. The molecule has 1 saturated carbocycles. The Balaban J connectivity index is 2.18. The first kappa shape index (κ1) is 13.3. The van der Waals surface area contributed by atoms with E-state index in [1.165, 1.54) is 6.07 Å². The van der Waals surface area contributed by atoms with Crippen LogP contribution in [0.25, 0.3) is 0 Å². The summed E-state index contributed by atoms with van der Waals surface area (Å²) in [4.78, 5) is 1.83. The summed E-state index contributed by atoms with van der Waals surface area (Å²) in [6.45, 7) is 0.147. The van der Waals surface area contributed by atoms with Crippen LogP contribution in [0.1, 0.15) is 31.2 Å². The molecule has 1 aliphatic rings. The fourth-order valence-electron chi connectivity index (χ4n) is 2.78. The van der Waals surface area contributed by atoms with Crippen LogP contribution in [0, 0.1) is 5.82 Å². The van der Waals surface area contributed by atoms with Gasteiger partial charge >= 0.3 is 0 Å². The van der Waals surface area contributed by atoms with Crippen LogP contribution in [0.15, 0.2) is 18.2 Å². The van der Waals surface area contributed by atoms with Crippen LogP contribution < -0.4 is 4.90 Å². The van der Waals surface area contributed by atoms with Crippen molar-refractivity contribution in [3.8, 4) is 0 Å². The van der Waals surface area contributed by atoms with Gasteiger partial charge in [-0.2, -0.15) is 0 Å². The molecule has 0 saturated heterocycles. The molecule has 0 unspecified atom stereocenters. The van der Waals surface area contributed by atoms with E-state index in [0.29, 0.717) is 17.8 Å². The molecule has 0 aromatic heterocycles. The Morgan fingerprint density at radius 3 is 2.61 bits per heavy atom. The van der Waals surface area contributed by atoms with Crippen molar-refractivity contribution < 1.29 is 14.6 Å². The molecule has 0 amide bonds. The van der Waals surface area contributed by atoms with Gasteiger partial charge in [-0.3, -0.25) is 0 Å². The van der Waals surface area contributed by atoms with E-state index in [4.69, 9.17) is 0 Å². The van der Waals surface area contributed by atoms with Gasteiger partial charge in [-0.25, -0.2) is 4.39 Å². The number of halogens is 1. The number of rotatable bonds is 4. The van der Waals surface area contributed by atoms with Gasteiger partial charge < -0.3 is 15.1 Å². The molecule has 4 heteroatoms. The zero-order valence-corrected chi connectivity index (χ0v) is 10.7. The van der Waals surface area contributed by atoms with Crippen molar-refractivity contribution in [3.63, 3.8) is 0 Å². The van der Waals surface area contributed by atoms with Gasteiger partial charge in [0, 0.05) is 24.8 Å². The predicted octanol–water partition coefficient (Wildman–Crippen LogP) is 2.06. The van der Waals surface area contributed by atoms with Gasteiger partial charge in [0.2, 0.25) is 0 Å². The van der Waals surface area contributed by atoms with E-state index < -0.39 is 11.4 Å². The van der Waals surface area contributed by atoms with Gasteiger partial charge in [0.15, 0.2) is 0 Å². The van der Waals surface area contributed by atoms with Gasteiger partial charge in [-0.05, 0) is 25.0 Å². The Labute approximate surface area is 107 Å². The number of benzene rings is 1. The summed E-state index contributed by atoms with van der Waals surface area (Å²) in [5.41, 5.74) is 0.271. The summed E-state index contributed by atoms with van der Waals surface area (Å²) in [6, 6.07) is 4.74. The molecule has 0 heterocycles. The standard InChI is InChI=1S/C14H20FNO2/c1-16(10-14(18)7-2-3-8-14)13-6-4-5-12(15)11(13)9-17/h4-6,17-18H,2-3,7-10H2,1H3. The molecule has 1 fully saturated rings. The molecular weight excluding hydrogens is 233 g/mol. The lowest BCUT2D eigenvalue weighted by atomic mass is 10.0. The molecule has 0 aliphatic heterocycles. The summed E-state index contributed by atoms with van der Waals surface area (Å²) < 4.78 is 13.6. The Morgan fingerprint density at radius 2 is 2.00 bits per heavy atom. The number of aliphatic hydroxyl groups is 2. The van der Waals surface area contributed by atoms with Crippen molar-refractivity contribution >= 4 is 5.69 Å². The second-order valence-corrected chi connectivity index (χ2v) is 5.18. The topological polar surface area (TPSA) is 43.7 Å². The van der Waals surface area contributed by atoms with Gasteiger partial charge in [-0.1, -0.05) is 18.9 Å². The minimum Gasteiger partial charge on any atom is -0.391 e. The first-order chi connectivity index (χ1) is 8.56. The molecule has 3 nitrogen and oxygen atoms in total. The first-order valence-electron chi connectivity index (χ1n) is 6.37. The maximum Gasteiger partial charge on any atom is 0.130 e. The molecule has 2 N–H and O–H groups in total. The fraction of sp³-hybridized carbons (Fsp3) is 0.571. The minimum atomic E-state index is -0.673. The van der Waals surface area contributed by atoms with Crippen molar-refractivity contribution in [3.05, 3.63) is 29.6 Å². The van der Waals surface area contributed by atoms with Crippen molar-refractivity contribution in [1.82, 2.24) is 0 Å². The summed E-state index contributed by atoms with van der Waals surface area (Å²) in [5, 5.41) is 19.6. The maximum absolute atomic E-state index is 13.6. The molecule has 0 atom stereocenters. The molecule has 1 aromatic carbocycles. The number of hydrogen-bond donors (Lipinski definition) is 2. The monoisotopic (exact) mass is 253 g/mol. The van der Waals surface area contributed by atoms with Crippen molar-refractivity contribution in [1.29, 1.82) is 0 Å². The largest absolute Gasteiger partial charge is 0.391 e. The number of aliphatic hydroxyl groups excluding tert-OH is 1. The van der Waals surface area contributed by atoms with Gasteiger partial charge in [0.1, 0.15) is 5.82 Å². The van der Waals surface area contributed by atoms with Gasteiger partial charge in [0.05, 0.1) is 12.2 Å². The van der Waals surface area contributed by atoms with E-state index in [0.717, 1.165) is 25.7 Å². The van der Waals surface area contributed by atoms with E-state index in [1.54, 1.807) is 12.1 Å². The molecule has 18 heavy (non-hydrogen) atoms. The summed E-state index contributed by atoms with van der Waals surface area (Å²) in [5.74, 6) is -0.403. The van der Waals surface area contributed by atoms with Gasteiger partial charge in [-0.15, -0.1) is 0 Å². The van der Waals surface area contributed by atoms with E-state index in [2.05, 4.69) is 0 Å².